The first-order valence-electron chi connectivity index (χ1n) is 4.41. The standard InChI is InChI=1S/C10H13NO2/c11-6-9(12)8-3-1-2-7-4-5-13-10(7)8/h1-5,7,9-10,12H,6,11H2. The van der Waals surface area contributed by atoms with Gasteiger partial charge in [0.15, 0.2) is 0 Å². The van der Waals surface area contributed by atoms with Crippen LogP contribution < -0.4 is 5.73 Å². The zero-order valence-electron chi connectivity index (χ0n) is 7.26. The Kier molecular flexibility index (Phi) is 2.20. The molecule has 0 aromatic heterocycles. The fraction of sp³-hybridized carbons (Fsp3) is 0.400. The van der Waals surface area contributed by atoms with E-state index in [0.717, 1.165) is 5.57 Å². The van der Waals surface area contributed by atoms with E-state index in [-0.39, 0.29) is 18.6 Å². The highest BCUT2D eigenvalue weighted by molar-refractivity contribution is 5.32. The van der Waals surface area contributed by atoms with Gasteiger partial charge in [-0.3, -0.25) is 0 Å². The molecule has 0 bridgehead atoms. The molecule has 0 spiro atoms. The van der Waals surface area contributed by atoms with Gasteiger partial charge >= 0.3 is 0 Å². The van der Waals surface area contributed by atoms with Gasteiger partial charge in [0.2, 0.25) is 0 Å². The SMILES string of the molecule is NCC(O)C1=CC=CC2C=COC12. The fourth-order valence-electron chi connectivity index (χ4n) is 1.70. The molecule has 0 fully saturated rings. The predicted molar refractivity (Wildman–Crippen MR) is 49.8 cm³/mol. The maximum atomic E-state index is 9.59. The van der Waals surface area contributed by atoms with Crippen molar-refractivity contribution in [1.82, 2.24) is 0 Å². The topological polar surface area (TPSA) is 55.5 Å². The minimum absolute atomic E-state index is 0.0384. The predicted octanol–water partition coefficient (Wildman–Crippen LogP) is 0.331. The molecule has 1 aliphatic heterocycles. The van der Waals surface area contributed by atoms with E-state index in [2.05, 4.69) is 6.08 Å². The number of aliphatic hydroxyl groups excluding tert-OH is 1. The van der Waals surface area contributed by atoms with Crippen molar-refractivity contribution in [2.24, 2.45) is 11.7 Å². The summed E-state index contributed by atoms with van der Waals surface area (Å²) in [6.07, 6.45) is 8.92. The van der Waals surface area contributed by atoms with E-state index in [4.69, 9.17) is 10.5 Å². The summed E-state index contributed by atoms with van der Waals surface area (Å²) in [5.74, 6) is 0.265. The Hall–Kier alpha value is -1.06. The Morgan fingerprint density at radius 3 is 3.15 bits per heavy atom. The summed E-state index contributed by atoms with van der Waals surface area (Å²) in [6.45, 7) is 0.242. The van der Waals surface area contributed by atoms with Crippen LogP contribution in [-0.4, -0.2) is 23.9 Å². The summed E-state index contributed by atoms with van der Waals surface area (Å²) < 4.78 is 5.38. The van der Waals surface area contributed by atoms with E-state index in [1.165, 1.54) is 0 Å². The molecule has 3 N–H and O–H groups in total. The number of ether oxygens (including phenoxy) is 1. The molecule has 13 heavy (non-hydrogen) atoms. The van der Waals surface area contributed by atoms with Crippen LogP contribution in [0.25, 0.3) is 0 Å². The van der Waals surface area contributed by atoms with E-state index < -0.39 is 6.10 Å². The molecule has 0 radical (unpaired) electrons. The third-order valence-electron chi connectivity index (χ3n) is 2.43. The smallest absolute Gasteiger partial charge is 0.131 e. The van der Waals surface area contributed by atoms with E-state index in [1.54, 1.807) is 6.26 Å². The molecule has 0 amide bonds. The molecule has 2 rings (SSSR count). The first kappa shape index (κ1) is 8.53. The van der Waals surface area contributed by atoms with Gasteiger partial charge < -0.3 is 15.6 Å². The van der Waals surface area contributed by atoms with Crippen molar-refractivity contribution in [3.8, 4) is 0 Å². The van der Waals surface area contributed by atoms with Gasteiger partial charge in [-0.1, -0.05) is 18.2 Å². The highest BCUT2D eigenvalue weighted by atomic mass is 16.5. The van der Waals surface area contributed by atoms with Crippen LogP contribution in [0.4, 0.5) is 0 Å². The molecule has 0 saturated carbocycles. The average molecular weight is 179 g/mol. The lowest BCUT2D eigenvalue weighted by Gasteiger charge is -2.25. The molecule has 1 aliphatic carbocycles. The normalized spacial score (nSPS) is 32.3. The Morgan fingerprint density at radius 1 is 1.54 bits per heavy atom. The first-order valence-corrected chi connectivity index (χ1v) is 4.41. The summed E-state index contributed by atoms with van der Waals surface area (Å²) in [7, 11) is 0. The van der Waals surface area contributed by atoms with E-state index in [1.807, 2.05) is 18.2 Å². The minimum atomic E-state index is -0.586. The summed E-state index contributed by atoms with van der Waals surface area (Å²) in [4.78, 5) is 0. The monoisotopic (exact) mass is 179 g/mol. The van der Waals surface area contributed by atoms with E-state index in [9.17, 15) is 5.11 Å². The van der Waals surface area contributed by atoms with Crippen molar-refractivity contribution in [3.05, 3.63) is 36.1 Å². The highest BCUT2D eigenvalue weighted by Crippen LogP contribution is 2.30. The second kappa shape index (κ2) is 3.36. The van der Waals surface area contributed by atoms with Crippen LogP contribution in [0.3, 0.4) is 0 Å². The number of aliphatic hydroxyl groups is 1. The Morgan fingerprint density at radius 2 is 2.38 bits per heavy atom. The van der Waals surface area contributed by atoms with Crippen LogP contribution in [0.1, 0.15) is 0 Å². The zero-order valence-corrected chi connectivity index (χ0v) is 7.26. The number of nitrogens with two attached hydrogens (primary N) is 1. The van der Waals surface area contributed by atoms with Crippen LogP contribution in [0.15, 0.2) is 36.1 Å². The molecule has 3 unspecified atom stereocenters. The van der Waals surface area contributed by atoms with Crippen molar-refractivity contribution < 1.29 is 9.84 Å². The molecule has 3 atom stereocenters. The number of allylic oxidation sites excluding steroid dienone is 2. The van der Waals surface area contributed by atoms with Crippen LogP contribution >= 0.6 is 0 Å². The van der Waals surface area contributed by atoms with Crippen LogP contribution in [0.2, 0.25) is 0 Å². The van der Waals surface area contributed by atoms with Gasteiger partial charge in [0.05, 0.1) is 12.4 Å². The second-order valence-corrected chi connectivity index (χ2v) is 3.27. The maximum Gasteiger partial charge on any atom is 0.131 e. The number of hydrogen-bond acceptors (Lipinski definition) is 3. The molecule has 2 aliphatic rings. The van der Waals surface area contributed by atoms with Crippen molar-refractivity contribution in [2.75, 3.05) is 6.54 Å². The average Bonchev–Trinajstić information content (AvgIpc) is 2.63. The molecule has 70 valence electrons. The van der Waals surface area contributed by atoms with Crippen LogP contribution in [-0.2, 0) is 4.74 Å². The molecule has 0 aromatic carbocycles. The molecule has 0 saturated heterocycles. The third-order valence-corrected chi connectivity index (χ3v) is 2.43. The second-order valence-electron chi connectivity index (χ2n) is 3.27. The van der Waals surface area contributed by atoms with Crippen molar-refractivity contribution in [3.63, 3.8) is 0 Å². The molecular weight excluding hydrogens is 166 g/mol. The lowest BCUT2D eigenvalue weighted by molar-refractivity contribution is 0.131. The highest BCUT2D eigenvalue weighted by Gasteiger charge is 2.31. The van der Waals surface area contributed by atoms with E-state index >= 15 is 0 Å². The first-order chi connectivity index (χ1) is 6.33. The van der Waals surface area contributed by atoms with Crippen LogP contribution in [0, 0.1) is 5.92 Å². The van der Waals surface area contributed by atoms with E-state index in [0.29, 0.717) is 0 Å². The fourth-order valence-corrected chi connectivity index (χ4v) is 1.70. The van der Waals surface area contributed by atoms with Gasteiger partial charge in [-0.2, -0.15) is 0 Å². The lowest BCUT2D eigenvalue weighted by atomic mass is 9.89. The molecule has 3 heteroatoms. The van der Waals surface area contributed by atoms with Crippen molar-refractivity contribution >= 4 is 0 Å². The summed E-state index contributed by atoms with van der Waals surface area (Å²) in [5, 5.41) is 9.59. The summed E-state index contributed by atoms with van der Waals surface area (Å²) in [6, 6.07) is 0. The number of hydrogen-bond donors (Lipinski definition) is 2. The Balaban J connectivity index is 2.19. The van der Waals surface area contributed by atoms with Gasteiger partial charge in [0.25, 0.3) is 0 Å². The third kappa shape index (κ3) is 1.41. The largest absolute Gasteiger partial charge is 0.493 e. The Labute approximate surface area is 77.2 Å². The molecule has 1 heterocycles. The quantitative estimate of drug-likeness (QED) is 0.642. The molecule has 0 aromatic rings. The number of rotatable bonds is 2. The molecule has 3 nitrogen and oxygen atoms in total. The zero-order chi connectivity index (χ0) is 9.26. The van der Waals surface area contributed by atoms with Gasteiger partial charge in [0, 0.05) is 18.0 Å². The van der Waals surface area contributed by atoms with Gasteiger partial charge in [-0.05, 0) is 6.08 Å². The summed E-state index contributed by atoms with van der Waals surface area (Å²) >= 11 is 0. The maximum absolute atomic E-state index is 9.59. The number of fused-ring (bicyclic) bond motifs is 1. The van der Waals surface area contributed by atoms with Gasteiger partial charge in [0.1, 0.15) is 6.10 Å². The van der Waals surface area contributed by atoms with Gasteiger partial charge in [-0.15, -0.1) is 0 Å². The Bertz CT molecular complexity index is 281. The summed E-state index contributed by atoms with van der Waals surface area (Å²) in [5.41, 5.74) is 6.27. The minimum Gasteiger partial charge on any atom is -0.493 e. The van der Waals surface area contributed by atoms with Gasteiger partial charge in [-0.25, -0.2) is 0 Å². The van der Waals surface area contributed by atoms with Crippen molar-refractivity contribution in [1.29, 1.82) is 0 Å². The van der Waals surface area contributed by atoms with Crippen molar-refractivity contribution in [2.45, 2.75) is 12.2 Å². The van der Waals surface area contributed by atoms with Crippen LogP contribution in [0.5, 0.6) is 0 Å². The molecular formula is C10H13NO2. The lowest BCUT2D eigenvalue weighted by Crippen LogP contribution is -2.32.